The molecule has 0 spiro atoms. The number of carbonyl (C=O) groups excluding carboxylic acids is 1. The smallest absolute Gasteiger partial charge is 0.330 e. The number of hydrogen-bond donors (Lipinski definition) is 0. The van der Waals surface area contributed by atoms with Crippen molar-refractivity contribution in [1.82, 2.24) is 0 Å². The first-order valence-corrected chi connectivity index (χ1v) is 11.7. The van der Waals surface area contributed by atoms with Gasteiger partial charge in [0.15, 0.2) is 0 Å². The molecule has 0 aromatic heterocycles. The van der Waals surface area contributed by atoms with E-state index in [1.807, 2.05) is 66.8 Å². The summed E-state index contributed by atoms with van der Waals surface area (Å²) in [7, 11) is 0. The lowest BCUT2D eigenvalue weighted by atomic mass is 10.2. The maximum atomic E-state index is 11.7. The van der Waals surface area contributed by atoms with Crippen molar-refractivity contribution >= 4 is 23.8 Å². The first-order valence-electron chi connectivity index (χ1n) is 10.5. The Balaban J connectivity index is 1.26. The monoisotopic (exact) mass is 432 g/mol. The molecule has 0 saturated heterocycles. The zero-order valence-corrected chi connectivity index (χ0v) is 18.4. The van der Waals surface area contributed by atoms with Crippen LogP contribution in [0.1, 0.15) is 18.4 Å². The molecule has 3 nitrogen and oxygen atoms in total. The van der Waals surface area contributed by atoms with Gasteiger partial charge < -0.3 is 9.47 Å². The number of thioether (sulfide) groups is 1. The second-order valence-electron chi connectivity index (χ2n) is 6.98. The van der Waals surface area contributed by atoms with Crippen LogP contribution in [0.3, 0.4) is 0 Å². The Bertz CT molecular complexity index is 930. The summed E-state index contributed by atoms with van der Waals surface area (Å²) in [6.07, 6.45) is 23.7. The van der Waals surface area contributed by atoms with Gasteiger partial charge in [0.1, 0.15) is 12.4 Å². The zero-order chi connectivity index (χ0) is 21.6. The second-order valence-corrected chi connectivity index (χ2v) is 8.21. The van der Waals surface area contributed by atoms with E-state index >= 15 is 0 Å². The van der Waals surface area contributed by atoms with Crippen molar-refractivity contribution in [1.29, 1.82) is 0 Å². The largest absolute Gasteiger partial charge is 0.494 e. The molecular formula is C27H28O3S. The van der Waals surface area contributed by atoms with Gasteiger partial charge in [0.25, 0.3) is 0 Å². The number of allylic oxidation sites excluding steroid dienone is 11. The predicted molar refractivity (Wildman–Crippen MR) is 131 cm³/mol. The lowest BCUT2D eigenvalue weighted by Crippen LogP contribution is -2.05. The summed E-state index contributed by atoms with van der Waals surface area (Å²) >= 11 is 1.77. The van der Waals surface area contributed by atoms with Gasteiger partial charge in [0.2, 0.25) is 0 Å². The Morgan fingerprint density at radius 2 is 1.71 bits per heavy atom. The highest BCUT2D eigenvalue weighted by atomic mass is 32.2. The minimum Gasteiger partial charge on any atom is -0.494 e. The van der Waals surface area contributed by atoms with Crippen LogP contribution in [0.2, 0.25) is 0 Å². The molecule has 0 fully saturated rings. The molecule has 0 unspecified atom stereocenters. The van der Waals surface area contributed by atoms with E-state index in [4.69, 9.17) is 9.47 Å². The molecule has 0 radical (unpaired) electrons. The number of rotatable bonds is 10. The van der Waals surface area contributed by atoms with Crippen LogP contribution in [0, 0.1) is 0 Å². The molecule has 4 heteroatoms. The Morgan fingerprint density at radius 1 is 0.903 bits per heavy atom. The highest BCUT2D eigenvalue weighted by molar-refractivity contribution is 7.99. The van der Waals surface area contributed by atoms with Crippen LogP contribution in [0.5, 0.6) is 0 Å². The third-order valence-electron chi connectivity index (χ3n) is 4.50. The normalized spacial score (nSPS) is 21.1. The highest BCUT2D eigenvalue weighted by Crippen LogP contribution is 2.33. The zero-order valence-electron chi connectivity index (χ0n) is 17.6. The third-order valence-corrected chi connectivity index (χ3v) is 5.54. The number of carbonyl (C=O) groups is 1. The standard InChI is InChI=1S/C27H28O3S/c28-27(17-14-23-10-5-4-6-11-23)30-19-21-31-20-9-18-29-26-13-8-3-1-2-7-12-24-22-25(24)15-16-26/h1-8,10-17H,9,18-22H2/b2-1-,3-1?,7-2?,8-3-,12-7-,13-8?,16-15-,17-14+,24-12?,25-15?,26-13-,26-16?. The van der Waals surface area contributed by atoms with E-state index in [1.165, 1.54) is 17.2 Å². The Labute approximate surface area is 189 Å². The minimum absolute atomic E-state index is 0.304. The minimum atomic E-state index is -0.304. The van der Waals surface area contributed by atoms with Crippen LogP contribution < -0.4 is 0 Å². The van der Waals surface area contributed by atoms with Crippen molar-refractivity contribution in [3.05, 3.63) is 114 Å². The molecule has 3 rings (SSSR count). The van der Waals surface area contributed by atoms with E-state index in [2.05, 4.69) is 18.2 Å². The molecule has 160 valence electrons. The van der Waals surface area contributed by atoms with Gasteiger partial charge in [-0.15, -0.1) is 0 Å². The van der Waals surface area contributed by atoms with Crippen LogP contribution in [0.25, 0.3) is 6.08 Å². The Kier molecular flexibility index (Phi) is 9.77. The van der Waals surface area contributed by atoms with Crippen LogP contribution in [-0.4, -0.2) is 30.7 Å². The van der Waals surface area contributed by atoms with E-state index in [9.17, 15) is 4.79 Å². The predicted octanol–water partition coefficient (Wildman–Crippen LogP) is 6.21. The summed E-state index contributed by atoms with van der Waals surface area (Å²) in [4.78, 5) is 11.7. The first kappa shape index (κ1) is 22.7. The van der Waals surface area contributed by atoms with Gasteiger partial charge in [0.05, 0.1) is 6.61 Å². The molecule has 0 amide bonds. The number of benzene rings is 1. The Hall–Kier alpha value is -2.98. The first-order chi connectivity index (χ1) is 15.3. The summed E-state index contributed by atoms with van der Waals surface area (Å²) in [5.41, 5.74) is 3.74. The van der Waals surface area contributed by atoms with E-state index in [0.717, 1.165) is 35.7 Å². The SMILES string of the molecule is O=C(/C=C/c1ccccc1)OCCSCCCOC1=C\C=C/C=C\C=C/C2=C(/C=C\1)C2. The maximum Gasteiger partial charge on any atom is 0.330 e. The molecule has 0 atom stereocenters. The van der Waals surface area contributed by atoms with Crippen molar-refractivity contribution in [3.63, 3.8) is 0 Å². The average molecular weight is 433 g/mol. The van der Waals surface area contributed by atoms with Crippen LogP contribution in [-0.2, 0) is 14.3 Å². The summed E-state index contributed by atoms with van der Waals surface area (Å²) in [6.45, 7) is 1.08. The van der Waals surface area contributed by atoms with E-state index < -0.39 is 0 Å². The number of esters is 1. The topological polar surface area (TPSA) is 35.5 Å². The van der Waals surface area contributed by atoms with Crippen molar-refractivity contribution < 1.29 is 14.3 Å². The fraction of sp³-hybridized carbons (Fsp3) is 0.222. The molecule has 1 aromatic carbocycles. The van der Waals surface area contributed by atoms with Crippen molar-refractivity contribution in [3.8, 4) is 0 Å². The molecule has 31 heavy (non-hydrogen) atoms. The number of hydrogen-bond acceptors (Lipinski definition) is 4. The molecule has 0 N–H and O–H groups in total. The van der Waals surface area contributed by atoms with Gasteiger partial charge in [-0.3, -0.25) is 0 Å². The summed E-state index contributed by atoms with van der Waals surface area (Å²) in [5.74, 6) is 2.32. The third kappa shape index (κ3) is 9.58. The van der Waals surface area contributed by atoms with Gasteiger partial charge in [-0.2, -0.15) is 11.8 Å². The van der Waals surface area contributed by atoms with Gasteiger partial charge in [0, 0.05) is 11.8 Å². The fourth-order valence-corrected chi connectivity index (χ4v) is 3.50. The molecule has 0 saturated carbocycles. The molecule has 1 aromatic rings. The quantitative estimate of drug-likeness (QED) is 0.250. The van der Waals surface area contributed by atoms with Crippen molar-refractivity contribution in [2.24, 2.45) is 0 Å². The van der Waals surface area contributed by atoms with Crippen molar-refractivity contribution in [2.45, 2.75) is 12.8 Å². The van der Waals surface area contributed by atoms with Gasteiger partial charge in [-0.25, -0.2) is 4.79 Å². The summed E-state index contributed by atoms with van der Waals surface area (Å²) in [6, 6.07) is 9.71. The van der Waals surface area contributed by atoms with Gasteiger partial charge in [-0.05, 0) is 53.5 Å². The fourth-order valence-electron chi connectivity index (χ4n) is 2.77. The van der Waals surface area contributed by atoms with Crippen molar-refractivity contribution in [2.75, 3.05) is 24.7 Å². The molecule has 2 aliphatic carbocycles. The lowest BCUT2D eigenvalue weighted by Gasteiger charge is -2.07. The van der Waals surface area contributed by atoms with Crippen LogP contribution in [0.4, 0.5) is 0 Å². The highest BCUT2D eigenvalue weighted by Gasteiger charge is 2.15. The molecule has 2 aliphatic rings. The van der Waals surface area contributed by atoms with Gasteiger partial charge >= 0.3 is 5.97 Å². The van der Waals surface area contributed by atoms with Crippen LogP contribution in [0.15, 0.2) is 108 Å². The lowest BCUT2D eigenvalue weighted by molar-refractivity contribution is -0.137. The summed E-state index contributed by atoms with van der Waals surface area (Å²) < 4.78 is 11.2. The second kappa shape index (κ2) is 13.3. The number of ether oxygens (including phenoxy) is 2. The molecular weight excluding hydrogens is 404 g/mol. The maximum absolute atomic E-state index is 11.7. The van der Waals surface area contributed by atoms with E-state index in [-0.39, 0.29) is 5.97 Å². The van der Waals surface area contributed by atoms with Crippen LogP contribution >= 0.6 is 11.8 Å². The summed E-state index contributed by atoms with van der Waals surface area (Å²) in [5, 5.41) is 0. The van der Waals surface area contributed by atoms with E-state index in [0.29, 0.717) is 13.2 Å². The Morgan fingerprint density at radius 3 is 2.61 bits per heavy atom. The molecule has 0 aliphatic heterocycles. The van der Waals surface area contributed by atoms with E-state index in [1.54, 1.807) is 17.8 Å². The average Bonchev–Trinajstić information content (AvgIpc) is 3.54. The molecule has 0 heterocycles. The molecule has 0 bridgehead atoms. The van der Waals surface area contributed by atoms with Gasteiger partial charge in [-0.1, -0.05) is 72.9 Å².